The quantitative estimate of drug-likeness (QED) is 0.421. The number of nitrogens with one attached hydrogen (secondary N) is 1. The molecule has 11 nitrogen and oxygen atoms in total. The van der Waals surface area contributed by atoms with E-state index in [1.54, 1.807) is 0 Å². The topological polar surface area (TPSA) is 151 Å². The molecule has 0 aliphatic carbocycles. The molecule has 1 atom stereocenters. The number of amides is 1. The molecular weight excluding hydrogens is 386 g/mol. The molecule has 2 aromatic rings. The van der Waals surface area contributed by atoms with Crippen molar-refractivity contribution in [1.82, 2.24) is 0 Å². The minimum absolute atomic E-state index is 0.0423. The molecule has 0 fully saturated rings. The summed E-state index contributed by atoms with van der Waals surface area (Å²) in [7, 11) is 1.33. The van der Waals surface area contributed by atoms with Gasteiger partial charge in [0.2, 0.25) is 0 Å². The number of methoxy groups -OCH3 is 1. The molecule has 11 heteroatoms. The summed E-state index contributed by atoms with van der Waals surface area (Å²) in [5.41, 5.74) is -0.0541. The van der Waals surface area contributed by atoms with E-state index in [2.05, 4.69) is 5.32 Å². The van der Waals surface area contributed by atoms with Crippen LogP contribution in [0.5, 0.6) is 5.75 Å². The molecule has 0 saturated heterocycles. The highest BCUT2D eigenvalue weighted by Gasteiger charge is 2.22. The van der Waals surface area contributed by atoms with Crippen molar-refractivity contribution in [2.75, 3.05) is 12.4 Å². The fraction of sp³-hybridized carbons (Fsp3) is 0.222. The van der Waals surface area contributed by atoms with E-state index in [4.69, 9.17) is 9.47 Å². The molecule has 1 amide bonds. The Hall–Kier alpha value is -4.02. The molecule has 0 spiro atoms. The van der Waals surface area contributed by atoms with Crippen molar-refractivity contribution in [2.45, 2.75) is 20.0 Å². The number of benzene rings is 2. The Morgan fingerprint density at radius 3 is 2.31 bits per heavy atom. The standard InChI is InChI=1S/C18H17N3O8/c1-10-8-12(4-6-15(10)21(26)27)18(23)29-11(2)17(22)19-14-9-13(20(24)25)5-7-16(14)28-3/h4-9,11H,1-3H3,(H,19,22). The van der Waals surface area contributed by atoms with Crippen LogP contribution in [0.2, 0.25) is 0 Å². The number of rotatable bonds is 7. The van der Waals surface area contributed by atoms with Gasteiger partial charge in [0.1, 0.15) is 5.75 Å². The van der Waals surface area contributed by atoms with E-state index in [1.807, 2.05) is 0 Å². The van der Waals surface area contributed by atoms with E-state index in [0.717, 1.165) is 6.07 Å². The van der Waals surface area contributed by atoms with Crippen LogP contribution in [0.1, 0.15) is 22.8 Å². The Bertz CT molecular complexity index is 989. The van der Waals surface area contributed by atoms with Crippen molar-refractivity contribution in [3.63, 3.8) is 0 Å². The van der Waals surface area contributed by atoms with Gasteiger partial charge in [-0.25, -0.2) is 4.79 Å². The number of ether oxygens (including phenoxy) is 2. The van der Waals surface area contributed by atoms with Gasteiger partial charge in [0.25, 0.3) is 17.3 Å². The first-order chi connectivity index (χ1) is 13.6. The average Bonchev–Trinajstić information content (AvgIpc) is 2.67. The van der Waals surface area contributed by atoms with Gasteiger partial charge in [0.05, 0.1) is 28.2 Å². The van der Waals surface area contributed by atoms with E-state index in [9.17, 15) is 29.8 Å². The van der Waals surface area contributed by atoms with E-state index in [0.29, 0.717) is 0 Å². The Labute approximate surface area is 164 Å². The van der Waals surface area contributed by atoms with Crippen molar-refractivity contribution >= 4 is 28.9 Å². The highest BCUT2D eigenvalue weighted by Crippen LogP contribution is 2.29. The summed E-state index contributed by atoms with van der Waals surface area (Å²) < 4.78 is 10.1. The summed E-state index contributed by atoms with van der Waals surface area (Å²) in [6.45, 7) is 2.79. The van der Waals surface area contributed by atoms with Gasteiger partial charge >= 0.3 is 5.97 Å². The zero-order chi connectivity index (χ0) is 21.7. The zero-order valence-electron chi connectivity index (χ0n) is 15.7. The summed E-state index contributed by atoms with van der Waals surface area (Å²) in [6, 6.07) is 7.34. The third-order valence-electron chi connectivity index (χ3n) is 3.93. The van der Waals surface area contributed by atoms with Gasteiger partial charge in [-0.15, -0.1) is 0 Å². The van der Waals surface area contributed by atoms with Crippen LogP contribution in [-0.4, -0.2) is 34.9 Å². The molecule has 0 heterocycles. The third kappa shape index (κ3) is 5.03. The average molecular weight is 403 g/mol. The molecule has 0 aromatic heterocycles. The molecule has 0 aliphatic heterocycles. The zero-order valence-corrected chi connectivity index (χ0v) is 15.7. The van der Waals surface area contributed by atoms with Gasteiger partial charge in [-0.3, -0.25) is 25.0 Å². The Kier molecular flexibility index (Phi) is 6.44. The lowest BCUT2D eigenvalue weighted by Crippen LogP contribution is -2.30. The van der Waals surface area contributed by atoms with Crippen LogP contribution < -0.4 is 10.1 Å². The molecule has 0 radical (unpaired) electrons. The molecule has 0 aliphatic rings. The molecule has 152 valence electrons. The normalized spacial score (nSPS) is 11.3. The molecule has 0 saturated carbocycles. The van der Waals surface area contributed by atoms with E-state index in [1.165, 1.54) is 51.3 Å². The number of nitro benzene ring substituents is 2. The number of esters is 1. The minimum Gasteiger partial charge on any atom is -0.495 e. The SMILES string of the molecule is COc1ccc([N+](=O)[O-])cc1NC(=O)C(C)OC(=O)c1ccc([N+](=O)[O-])c(C)c1. The van der Waals surface area contributed by atoms with Crippen molar-refractivity contribution in [3.8, 4) is 5.75 Å². The fourth-order valence-electron chi connectivity index (χ4n) is 2.41. The third-order valence-corrected chi connectivity index (χ3v) is 3.93. The van der Waals surface area contributed by atoms with Crippen LogP contribution in [-0.2, 0) is 9.53 Å². The number of nitro groups is 2. The highest BCUT2D eigenvalue weighted by molar-refractivity contribution is 5.98. The minimum atomic E-state index is -1.25. The van der Waals surface area contributed by atoms with Gasteiger partial charge in [-0.05, 0) is 32.0 Å². The molecule has 2 aromatic carbocycles. The van der Waals surface area contributed by atoms with Crippen molar-refractivity contribution in [1.29, 1.82) is 0 Å². The van der Waals surface area contributed by atoms with Gasteiger partial charge < -0.3 is 14.8 Å². The molecule has 0 bridgehead atoms. The number of anilines is 1. The lowest BCUT2D eigenvalue weighted by Gasteiger charge is -2.15. The van der Waals surface area contributed by atoms with Crippen LogP contribution in [0, 0.1) is 27.2 Å². The van der Waals surface area contributed by atoms with E-state index >= 15 is 0 Å². The number of hydrogen-bond acceptors (Lipinski definition) is 8. The summed E-state index contributed by atoms with van der Waals surface area (Å²) in [6.07, 6.45) is -1.25. The van der Waals surface area contributed by atoms with Crippen LogP contribution in [0.3, 0.4) is 0 Å². The summed E-state index contributed by atoms with van der Waals surface area (Å²) in [5.74, 6) is -1.40. The van der Waals surface area contributed by atoms with Crippen LogP contribution in [0.4, 0.5) is 17.1 Å². The van der Waals surface area contributed by atoms with Crippen molar-refractivity contribution in [2.24, 2.45) is 0 Å². The predicted molar refractivity (Wildman–Crippen MR) is 101 cm³/mol. The Morgan fingerprint density at radius 1 is 1.07 bits per heavy atom. The van der Waals surface area contributed by atoms with E-state index in [-0.39, 0.29) is 33.9 Å². The number of non-ortho nitro benzene ring substituents is 1. The number of nitrogens with zero attached hydrogens (tertiary/aromatic N) is 2. The Morgan fingerprint density at radius 2 is 1.76 bits per heavy atom. The first kappa shape index (κ1) is 21.3. The lowest BCUT2D eigenvalue weighted by molar-refractivity contribution is -0.385. The smallest absolute Gasteiger partial charge is 0.338 e. The van der Waals surface area contributed by atoms with Crippen molar-refractivity contribution < 1.29 is 28.9 Å². The molecule has 1 unspecified atom stereocenters. The van der Waals surface area contributed by atoms with Gasteiger partial charge in [-0.1, -0.05) is 0 Å². The van der Waals surface area contributed by atoms with Gasteiger partial charge in [-0.2, -0.15) is 0 Å². The molecule has 1 N–H and O–H groups in total. The first-order valence-corrected chi connectivity index (χ1v) is 8.23. The summed E-state index contributed by atoms with van der Waals surface area (Å²) in [5, 5.41) is 24.2. The maximum absolute atomic E-state index is 12.3. The largest absolute Gasteiger partial charge is 0.495 e. The van der Waals surface area contributed by atoms with Gasteiger partial charge in [0.15, 0.2) is 6.10 Å². The molecular formula is C18H17N3O8. The maximum Gasteiger partial charge on any atom is 0.338 e. The van der Waals surface area contributed by atoms with Gasteiger partial charge in [0, 0.05) is 23.8 Å². The maximum atomic E-state index is 12.3. The van der Waals surface area contributed by atoms with E-state index < -0.39 is 27.8 Å². The Balaban J connectivity index is 2.12. The second-order valence-electron chi connectivity index (χ2n) is 5.94. The second kappa shape index (κ2) is 8.78. The summed E-state index contributed by atoms with van der Waals surface area (Å²) in [4.78, 5) is 45.1. The van der Waals surface area contributed by atoms with Crippen LogP contribution >= 0.6 is 0 Å². The highest BCUT2D eigenvalue weighted by atomic mass is 16.6. The second-order valence-corrected chi connectivity index (χ2v) is 5.94. The predicted octanol–water partition coefficient (Wildman–Crippen LogP) is 3.00. The molecule has 29 heavy (non-hydrogen) atoms. The fourth-order valence-corrected chi connectivity index (χ4v) is 2.41. The number of aryl methyl sites for hydroxylation is 1. The van der Waals surface area contributed by atoms with Crippen molar-refractivity contribution in [3.05, 3.63) is 67.8 Å². The number of carbonyl (C=O) groups excluding carboxylic acids is 2. The van der Waals surface area contributed by atoms with Crippen LogP contribution in [0.25, 0.3) is 0 Å². The van der Waals surface area contributed by atoms with Crippen LogP contribution in [0.15, 0.2) is 36.4 Å². The molecule has 2 rings (SSSR count). The number of carbonyl (C=O) groups is 2. The first-order valence-electron chi connectivity index (χ1n) is 8.23. The number of hydrogen-bond donors (Lipinski definition) is 1. The monoisotopic (exact) mass is 403 g/mol. The lowest BCUT2D eigenvalue weighted by atomic mass is 10.1. The summed E-state index contributed by atoms with van der Waals surface area (Å²) >= 11 is 0.